The van der Waals surface area contributed by atoms with E-state index in [4.69, 9.17) is 16.3 Å². The second-order valence-corrected chi connectivity index (χ2v) is 8.18. The molecule has 4 rings (SSSR count). The maximum atomic E-state index is 12.7. The summed E-state index contributed by atoms with van der Waals surface area (Å²) in [6, 6.07) is 0. The Morgan fingerprint density at radius 2 is 1.92 bits per heavy atom. The molecule has 1 amide bonds. The van der Waals surface area contributed by atoms with Gasteiger partial charge in [-0.15, -0.1) is 0 Å². The average molecular weight is 382 g/mol. The number of halogens is 1. The molecular weight excluding hydrogens is 354 g/mol. The molecule has 0 radical (unpaired) electrons. The molecule has 0 aromatic carbocycles. The zero-order chi connectivity index (χ0) is 18.1. The predicted octanol–water partition coefficient (Wildman–Crippen LogP) is 1.61. The summed E-state index contributed by atoms with van der Waals surface area (Å²) < 4.78 is 7.13. The lowest BCUT2D eigenvalue weighted by Crippen LogP contribution is -2.61. The second-order valence-electron chi connectivity index (χ2n) is 7.80. The molecule has 1 aliphatic carbocycles. The highest BCUT2D eigenvalue weighted by Gasteiger charge is 2.39. The second kappa shape index (κ2) is 7.37. The maximum absolute atomic E-state index is 12.7. The van der Waals surface area contributed by atoms with Crippen molar-refractivity contribution in [1.29, 1.82) is 0 Å². The predicted molar refractivity (Wildman–Crippen MR) is 100.0 cm³/mol. The summed E-state index contributed by atoms with van der Waals surface area (Å²) in [7, 11) is 2.18. The SMILES string of the molecule is CN1CCN(C2(CNC(=O)c3nn4c(c3Cl)OCC4)CCCCC2)CC1. The lowest BCUT2D eigenvalue weighted by atomic mass is 9.79. The van der Waals surface area contributed by atoms with Gasteiger partial charge in [0.2, 0.25) is 5.88 Å². The lowest BCUT2D eigenvalue weighted by molar-refractivity contribution is 0.0138. The molecule has 3 aliphatic rings. The summed E-state index contributed by atoms with van der Waals surface area (Å²) in [6.07, 6.45) is 6.05. The molecule has 1 saturated carbocycles. The molecule has 1 N–H and O–H groups in total. The van der Waals surface area contributed by atoms with E-state index in [1.807, 2.05) is 0 Å². The number of fused-ring (bicyclic) bond motifs is 1. The summed E-state index contributed by atoms with van der Waals surface area (Å²) in [6.45, 7) is 6.19. The molecule has 0 spiro atoms. The third kappa shape index (κ3) is 3.32. The Morgan fingerprint density at radius 3 is 2.62 bits per heavy atom. The van der Waals surface area contributed by atoms with Crippen LogP contribution in [0.25, 0.3) is 0 Å². The molecule has 0 bridgehead atoms. The molecule has 8 heteroatoms. The van der Waals surface area contributed by atoms with E-state index in [9.17, 15) is 4.79 Å². The average Bonchev–Trinajstić information content (AvgIpc) is 3.24. The van der Waals surface area contributed by atoms with Crippen molar-refractivity contribution in [3.63, 3.8) is 0 Å². The Hall–Kier alpha value is -1.31. The summed E-state index contributed by atoms with van der Waals surface area (Å²) >= 11 is 6.30. The lowest BCUT2D eigenvalue weighted by Gasteiger charge is -2.49. The van der Waals surface area contributed by atoms with Crippen LogP contribution in [0.1, 0.15) is 42.6 Å². The molecule has 1 aromatic rings. The summed E-state index contributed by atoms with van der Waals surface area (Å²) in [5, 5.41) is 7.79. The maximum Gasteiger partial charge on any atom is 0.273 e. The Bertz CT molecular complexity index is 663. The number of amides is 1. The number of ether oxygens (including phenoxy) is 1. The number of carbonyl (C=O) groups excluding carboxylic acids is 1. The van der Waals surface area contributed by atoms with Gasteiger partial charge in [-0.1, -0.05) is 30.9 Å². The van der Waals surface area contributed by atoms with Crippen LogP contribution in [0.2, 0.25) is 5.02 Å². The van der Waals surface area contributed by atoms with Crippen molar-refractivity contribution in [3.05, 3.63) is 10.7 Å². The molecule has 7 nitrogen and oxygen atoms in total. The van der Waals surface area contributed by atoms with Gasteiger partial charge in [-0.3, -0.25) is 9.69 Å². The number of nitrogens with one attached hydrogen (secondary N) is 1. The van der Waals surface area contributed by atoms with E-state index < -0.39 is 0 Å². The van der Waals surface area contributed by atoms with Gasteiger partial charge in [-0.2, -0.15) is 5.10 Å². The van der Waals surface area contributed by atoms with Crippen LogP contribution in [0, 0.1) is 0 Å². The normalized spacial score (nSPS) is 23.5. The molecular formula is C18H28ClN5O2. The highest BCUT2D eigenvalue weighted by Crippen LogP contribution is 2.35. The Kier molecular flexibility index (Phi) is 5.12. The first-order valence-corrected chi connectivity index (χ1v) is 10.1. The van der Waals surface area contributed by atoms with E-state index in [1.165, 1.54) is 19.3 Å². The standard InChI is InChI=1S/C18H28ClN5O2/c1-22-7-9-23(10-8-22)18(5-3-2-4-6-18)13-20-16(25)15-14(19)17-24(21-15)11-12-26-17/h2-13H2,1H3,(H,20,25). The number of hydrogen-bond donors (Lipinski definition) is 1. The minimum Gasteiger partial charge on any atom is -0.475 e. The van der Waals surface area contributed by atoms with Crippen molar-refractivity contribution in [3.8, 4) is 5.88 Å². The fourth-order valence-corrected chi connectivity index (χ4v) is 4.79. The van der Waals surface area contributed by atoms with Gasteiger partial charge in [0.25, 0.3) is 5.91 Å². The van der Waals surface area contributed by atoms with E-state index in [0.29, 0.717) is 30.6 Å². The quantitative estimate of drug-likeness (QED) is 0.858. The van der Waals surface area contributed by atoms with Gasteiger partial charge in [0.1, 0.15) is 11.6 Å². The highest BCUT2D eigenvalue weighted by molar-refractivity contribution is 6.34. The van der Waals surface area contributed by atoms with Crippen LogP contribution in [-0.4, -0.2) is 77.4 Å². The molecule has 1 saturated heterocycles. The van der Waals surface area contributed by atoms with Crippen molar-refractivity contribution >= 4 is 17.5 Å². The summed E-state index contributed by atoms with van der Waals surface area (Å²) in [4.78, 5) is 17.7. The molecule has 1 aromatic heterocycles. The van der Waals surface area contributed by atoms with Crippen LogP contribution in [0.4, 0.5) is 0 Å². The number of rotatable bonds is 4. The Morgan fingerprint density at radius 1 is 1.19 bits per heavy atom. The van der Waals surface area contributed by atoms with Crippen LogP contribution in [-0.2, 0) is 6.54 Å². The fourth-order valence-electron chi connectivity index (χ4n) is 4.51. The van der Waals surface area contributed by atoms with Crippen LogP contribution in [0.5, 0.6) is 5.88 Å². The van der Waals surface area contributed by atoms with Crippen LogP contribution < -0.4 is 10.1 Å². The van der Waals surface area contributed by atoms with E-state index in [-0.39, 0.29) is 17.1 Å². The van der Waals surface area contributed by atoms with Crippen LogP contribution in [0.15, 0.2) is 0 Å². The molecule has 26 heavy (non-hydrogen) atoms. The number of piperazine rings is 1. The number of aromatic nitrogens is 2. The van der Waals surface area contributed by atoms with Gasteiger partial charge in [0.15, 0.2) is 5.69 Å². The monoisotopic (exact) mass is 381 g/mol. The molecule has 3 heterocycles. The van der Waals surface area contributed by atoms with E-state index >= 15 is 0 Å². The third-order valence-electron chi connectivity index (χ3n) is 6.14. The van der Waals surface area contributed by atoms with E-state index in [1.54, 1.807) is 4.68 Å². The largest absolute Gasteiger partial charge is 0.475 e. The number of nitrogens with zero attached hydrogens (tertiary/aromatic N) is 4. The first kappa shape index (κ1) is 18.1. The highest BCUT2D eigenvalue weighted by atomic mass is 35.5. The Balaban J connectivity index is 1.45. The van der Waals surface area contributed by atoms with Crippen molar-refractivity contribution in [1.82, 2.24) is 24.9 Å². The molecule has 0 atom stereocenters. The van der Waals surface area contributed by atoms with Crippen molar-refractivity contribution in [2.45, 2.75) is 44.2 Å². The van der Waals surface area contributed by atoms with Gasteiger partial charge in [0, 0.05) is 38.3 Å². The summed E-state index contributed by atoms with van der Waals surface area (Å²) in [5.41, 5.74) is 0.353. The van der Waals surface area contributed by atoms with Crippen LogP contribution in [0.3, 0.4) is 0 Å². The van der Waals surface area contributed by atoms with Gasteiger partial charge >= 0.3 is 0 Å². The molecule has 2 aliphatic heterocycles. The van der Waals surface area contributed by atoms with Crippen molar-refractivity contribution < 1.29 is 9.53 Å². The topological polar surface area (TPSA) is 62.6 Å². The van der Waals surface area contributed by atoms with Crippen molar-refractivity contribution in [2.75, 3.05) is 46.4 Å². The summed E-state index contributed by atoms with van der Waals surface area (Å²) in [5.74, 6) is 0.322. The first-order valence-electron chi connectivity index (χ1n) is 9.70. The number of hydrogen-bond acceptors (Lipinski definition) is 5. The van der Waals surface area contributed by atoms with E-state index in [0.717, 1.165) is 39.0 Å². The molecule has 144 valence electrons. The zero-order valence-corrected chi connectivity index (χ0v) is 16.2. The van der Waals surface area contributed by atoms with Gasteiger partial charge in [-0.25, -0.2) is 4.68 Å². The smallest absolute Gasteiger partial charge is 0.273 e. The fraction of sp³-hybridized carbons (Fsp3) is 0.778. The van der Waals surface area contributed by atoms with E-state index in [2.05, 4.69) is 27.3 Å². The van der Waals surface area contributed by atoms with Gasteiger partial charge in [-0.05, 0) is 19.9 Å². The Labute approximate surface area is 159 Å². The van der Waals surface area contributed by atoms with Crippen molar-refractivity contribution in [2.24, 2.45) is 0 Å². The number of carbonyl (C=O) groups is 1. The van der Waals surface area contributed by atoms with Gasteiger partial charge in [0.05, 0.1) is 6.54 Å². The minimum atomic E-state index is -0.195. The minimum absolute atomic E-state index is 0.0700. The van der Waals surface area contributed by atoms with Crippen LogP contribution >= 0.6 is 11.6 Å². The molecule has 2 fully saturated rings. The number of likely N-dealkylation sites (N-methyl/N-ethyl adjacent to an activating group) is 1. The zero-order valence-electron chi connectivity index (χ0n) is 15.5. The van der Waals surface area contributed by atoms with Gasteiger partial charge < -0.3 is 15.0 Å². The third-order valence-corrected chi connectivity index (χ3v) is 6.48. The molecule has 0 unspecified atom stereocenters. The first-order chi connectivity index (χ1) is 12.6.